The van der Waals surface area contributed by atoms with Gasteiger partial charge in [0.05, 0.1) is 0 Å². The van der Waals surface area contributed by atoms with Crippen molar-refractivity contribution in [2.24, 2.45) is 0 Å². The minimum absolute atomic E-state index is 0.0719. The van der Waals surface area contributed by atoms with E-state index in [9.17, 15) is 4.79 Å². The Morgan fingerprint density at radius 1 is 0.800 bits per heavy atom. The van der Waals surface area contributed by atoms with E-state index in [0.29, 0.717) is 5.02 Å². The summed E-state index contributed by atoms with van der Waals surface area (Å²) in [6, 6.07) is 26.6. The summed E-state index contributed by atoms with van der Waals surface area (Å²) in [4.78, 5) is 14.8. The van der Waals surface area contributed by atoms with E-state index in [-0.39, 0.29) is 12.0 Å². The Bertz CT molecular complexity index is 826. The molecule has 25 heavy (non-hydrogen) atoms. The van der Waals surface area contributed by atoms with E-state index < -0.39 is 6.10 Å². The number of hydrogen-bond acceptors (Lipinski definition) is 2. The van der Waals surface area contributed by atoms with E-state index in [1.807, 2.05) is 84.9 Å². The topological polar surface area (TPSA) is 32.8 Å². The van der Waals surface area contributed by atoms with Crippen LogP contribution in [0.3, 0.4) is 0 Å². The van der Waals surface area contributed by atoms with E-state index in [1.54, 1.807) is 4.90 Å². The standard InChI is InChI=1S/C21H16ClNO2/c22-16-13-11-15(12-14-16)19-20(25-19)21(24)23(17-7-3-1-4-8-17)18-9-5-2-6-10-18/h1-14,19-20H/t19-,20+/m0/s1. The Balaban J connectivity index is 1.62. The molecule has 2 atom stereocenters. The normalized spacial score (nSPS) is 18.6. The molecule has 0 bridgehead atoms. The largest absolute Gasteiger partial charge is 0.354 e. The molecule has 3 aromatic carbocycles. The number of ether oxygens (including phenoxy) is 1. The lowest BCUT2D eigenvalue weighted by Gasteiger charge is -2.22. The first kappa shape index (κ1) is 15.9. The van der Waals surface area contributed by atoms with Gasteiger partial charge in [-0.15, -0.1) is 0 Å². The molecule has 1 saturated heterocycles. The lowest BCUT2D eigenvalue weighted by atomic mass is 10.1. The number of benzene rings is 3. The number of rotatable bonds is 4. The predicted octanol–water partition coefficient (Wildman–Crippen LogP) is 5.14. The van der Waals surface area contributed by atoms with Crippen molar-refractivity contribution in [1.82, 2.24) is 0 Å². The highest BCUT2D eigenvalue weighted by molar-refractivity contribution is 6.30. The second-order valence-electron chi connectivity index (χ2n) is 5.87. The predicted molar refractivity (Wildman–Crippen MR) is 99.1 cm³/mol. The zero-order chi connectivity index (χ0) is 17.2. The molecule has 124 valence electrons. The second kappa shape index (κ2) is 6.71. The molecule has 0 unspecified atom stereocenters. The smallest absolute Gasteiger partial charge is 0.263 e. The fraction of sp³-hybridized carbons (Fsp3) is 0.0952. The van der Waals surface area contributed by atoms with Gasteiger partial charge in [-0.3, -0.25) is 9.69 Å². The van der Waals surface area contributed by atoms with Crippen LogP contribution in [-0.4, -0.2) is 12.0 Å². The van der Waals surface area contributed by atoms with Crippen LogP contribution in [0, 0.1) is 0 Å². The Morgan fingerprint density at radius 3 is 1.84 bits per heavy atom. The number of amides is 1. The average Bonchev–Trinajstić information content (AvgIpc) is 3.45. The van der Waals surface area contributed by atoms with Gasteiger partial charge in [0.1, 0.15) is 6.10 Å². The van der Waals surface area contributed by atoms with Crippen LogP contribution in [0.15, 0.2) is 84.9 Å². The van der Waals surface area contributed by atoms with Crippen LogP contribution in [0.4, 0.5) is 11.4 Å². The minimum Gasteiger partial charge on any atom is -0.354 e. The Labute approximate surface area is 151 Å². The van der Waals surface area contributed by atoms with Gasteiger partial charge in [0, 0.05) is 16.4 Å². The first-order valence-corrected chi connectivity index (χ1v) is 8.47. The van der Waals surface area contributed by atoms with Crippen molar-refractivity contribution in [3.05, 3.63) is 95.5 Å². The van der Waals surface area contributed by atoms with Crippen molar-refractivity contribution in [1.29, 1.82) is 0 Å². The zero-order valence-electron chi connectivity index (χ0n) is 13.4. The maximum Gasteiger partial charge on any atom is 0.263 e. The third-order valence-corrected chi connectivity index (χ3v) is 4.43. The molecule has 1 fully saturated rings. The molecule has 0 N–H and O–H groups in total. The molecule has 1 amide bonds. The van der Waals surface area contributed by atoms with Crippen LogP contribution < -0.4 is 4.90 Å². The molecule has 0 aromatic heterocycles. The third-order valence-electron chi connectivity index (χ3n) is 4.18. The number of halogens is 1. The number of carbonyl (C=O) groups excluding carboxylic acids is 1. The molecular formula is C21H16ClNO2. The first-order chi connectivity index (χ1) is 12.2. The maximum absolute atomic E-state index is 13.1. The van der Waals surface area contributed by atoms with Crippen LogP contribution in [0.1, 0.15) is 11.7 Å². The average molecular weight is 350 g/mol. The Kier molecular flexibility index (Phi) is 4.26. The van der Waals surface area contributed by atoms with Crippen molar-refractivity contribution in [2.75, 3.05) is 4.90 Å². The highest BCUT2D eigenvalue weighted by Gasteiger charge is 2.48. The second-order valence-corrected chi connectivity index (χ2v) is 6.31. The summed E-state index contributed by atoms with van der Waals surface area (Å²) < 4.78 is 5.69. The van der Waals surface area contributed by atoms with Crippen molar-refractivity contribution in [3.63, 3.8) is 0 Å². The molecule has 1 heterocycles. The van der Waals surface area contributed by atoms with Crippen LogP contribution in [-0.2, 0) is 9.53 Å². The van der Waals surface area contributed by atoms with Gasteiger partial charge in [-0.2, -0.15) is 0 Å². The first-order valence-electron chi connectivity index (χ1n) is 8.09. The van der Waals surface area contributed by atoms with Crippen molar-refractivity contribution in [3.8, 4) is 0 Å². The molecule has 1 aliphatic heterocycles. The maximum atomic E-state index is 13.1. The number of hydrogen-bond donors (Lipinski definition) is 0. The Hall–Kier alpha value is -2.62. The highest BCUT2D eigenvalue weighted by atomic mass is 35.5. The van der Waals surface area contributed by atoms with Gasteiger partial charge in [-0.05, 0) is 42.0 Å². The van der Waals surface area contributed by atoms with Gasteiger partial charge >= 0.3 is 0 Å². The van der Waals surface area contributed by atoms with Crippen LogP contribution in [0.5, 0.6) is 0 Å². The number of para-hydroxylation sites is 2. The van der Waals surface area contributed by atoms with E-state index in [4.69, 9.17) is 16.3 Å². The van der Waals surface area contributed by atoms with Crippen LogP contribution >= 0.6 is 11.6 Å². The van der Waals surface area contributed by atoms with Gasteiger partial charge in [-0.1, -0.05) is 60.1 Å². The summed E-state index contributed by atoms with van der Waals surface area (Å²) in [7, 11) is 0. The quantitative estimate of drug-likeness (QED) is 0.610. The molecule has 3 aromatic rings. The number of nitrogens with zero attached hydrogens (tertiary/aromatic N) is 1. The molecule has 0 saturated carbocycles. The molecule has 0 radical (unpaired) electrons. The van der Waals surface area contributed by atoms with Gasteiger partial charge in [-0.25, -0.2) is 0 Å². The molecular weight excluding hydrogens is 334 g/mol. The van der Waals surface area contributed by atoms with Gasteiger partial charge < -0.3 is 4.74 Å². The molecule has 3 nitrogen and oxygen atoms in total. The monoisotopic (exact) mass is 349 g/mol. The van der Waals surface area contributed by atoms with E-state index in [1.165, 1.54) is 0 Å². The van der Waals surface area contributed by atoms with Crippen molar-refractivity contribution in [2.45, 2.75) is 12.2 Å². The number of epoxide rings is 1. The summed E-state index contributed by atoms with van der Waals surface area (Å²) in [5.41, 5.74) is 2.61. The number of carbonyl (C=O) groups is 1. The molecule has 0 spiro atoms. The fourth-order valence-corrected chi connectivity index (χ4v) is 3.02. The van der Waals surface area contributed by atoms with Crippen molar-refractivity contribution < 1.29 is 9.53 Å². The van der Waals surface area contributed by atoms with E-state index in [0.717, 1.165) is 16.9 Å². The van der Waals surface area contributed by atoms with Crippen LogP contribution in [0.2, 0.25) is 5.02 Å². The summed E-state index contributed by atoms with van der Waals surface area (Å²) in [5, 5.41) is 0.669. The zero-order valence-corrected chi connectivity index (χ0v) is 14.1. The Morgan fingerprint density at radius 2 is 1.32 bits per heavy atom. The highest BCUT2D eigenvalue weighted by Crippen LogP contribution is 2.42. The third kappa shape index (κ3) is 3.29. The summed E-state index contributed by atoms with van der Waals surface area (Å²) in [5.74, 6) is -0.0719. The summed E-state index contributed by atoms with van der Waals surface area (Å²) in [6.07, 6.45) is -0.707. The van der Waals surface area contributed by atoms with Crippen molar-refractivity contribution >= 4 is 28.9 Å². The van der Waals surface area contributed by atoms with E-state index in [2.05, 4.69) is 0 Å². The number of anilines is 2. The SMILES string of the molecule is O=C([C@@H]1O[C@H]1c1ccc(Cl)cc1)N(c1ccccc1)c1ccccc1. The van der Waals surface area contributed by atoms with Gasteiger partial charge in [0.15, 0.2) is 6.10 Å². The fourth-order valence-electron chi connectivity index (χ4n) is 2.89. The molecule has 0 aliphatic carbocycles. The minimum atomic E-state index is -0.485. The van der Waals surface area contributed by atoms with E-state index >= 15 is 0 Å². The van der Waals surface area contributed by atoms with Gasteiger partial charge in [0.25, 0.3) is 5.91 Å². The lowest BCUT2D eigenvalue weighted by molar-refractivity contribution is -0.119. The van der Waals surface area contributed by atoms with Gasteiger partial charge in [0.2, 0.25) is 0 Å². The molecule has 4 heteroatoms. The molecule has 1 aliphatic rings. The van der Waals surface area contributed by atoms with Crippen LogP contribution in [0.25, 0.3) is 0 Å². The summed E-state index contributed by atoms with van der Waals surface area (Å²) in [6.45, 7) is 0. The molecule has 4 rings (SSSR count). The lowest BCUT2D eigenvalue weighted by Crippen LogP contribution is -2.30. The summed E-state index contributed by atoms with van der Waals surface area (Å²) >= 11 is 5.93.